The Balaban J connectivity index is 1.86. The molecule has 0 radical (unpaired) electrons. The number of aryl methyl sites for hydroxylation is 1. The highest BCUT2D eigenvalue weighted by Crippen LogP contribution is 2.16. The van der Waals surface area contributed by atoms with E-state index in [-0.39, 0.29) is 11.1 Å². The van der Waals surface area contributed by atoms with E-state index in [1.54, 1.807) is 30.5 Å². The maximum Gasteiger partial charge on any atom is 0.266 e. The SMILES string of the molecule is Cc1cccc(-n2c(=O)c(Cc3ccc(Cl)cc3)cn3c(=O)c4ccccc4nc23)c1. The van der Waals surface area contributed by atoms with Crippen LogP contribution in [0.1, 0.15) is 16.7 Å². The molecule has 31 heavy (non-hydrogen) atoms. The van der Waals surface area contributed by atoms with Crippen molar-refractivity contribution in [3.8, 4) is 5.69 Å². The molecule has 5 rings (SSSR count). The zero-order valence-corrected chi connectivity index (χ0v) is 17.5. The molecule has 5 nitrogen and oxygen atoms in total. The average molecular weight is 428 g/mol. The minimum atomic E-state index is -0.209. The van der Waals surface area contributed by atoms with Crippen LogP contribution >= 0.6 is 11.6 Å². The second kappa shape index (κ2) is 7.52. The van der Waals surface area contributed by atoms with Gasteiger partial charge in [0, 0.05) is 23.2 Å². The summed E-state index contributed by atoms with van der Waals surface area (Å²) in [5.41, 5.74) is 3.24. The van der Waals surface area contributed by atoms with E-state index in [2.05, 4.69) is 4.98 Å². The quantitative estimate of drug-likeness (QED) is 0.397. The van der Waals surface area contributed by atoms with E-state index < -0.39 is 0 Å². The van der Waals surface area contributed by atoms with Crippen LogP contribution in [0.3, 0.4) is 0 Å². The van der Waals surface area contributed by atoms with Crippen LogP contribution in [0.2, 0.25) is 5.02 Å². The van der Waals surface area contributed by atoms with Gasteiger partial charge in [-0.2, -0.15) is 0 Å². The summed E-state index contributed by atoms with van der Waals surface area (Å²) < 4.78 is 2.99. The number of fused-ring (bicyclic) bond motifs is 2. The summed E-state index contributed by atoms with van der Waals surface area (Å²) in [6.07, 6.45) is 1.98. The van der Waals surface area contributed by atoms with Gasteiger partial charge in [0.1, 0.15) is 0 Å². The molecule has 0 aliphatic heterocycles. The Morgan fingerprint density at radius 2 is 1.68 bits per heavy atom. The fourth-order valence-corrected chi connectivity index (χ4v) is 3.92. The molecule has 0 bridgehead atoms. The molecule has 152 valence electrons. The van der Waals surface area contributed by atoms with Crippen LogP contribution in [-0.4, -0.2) is 14.0 Å². The molecule has 0 N–H and O–H groups in total. The second-order valence-corrected chi connectivity index (χ2v) is 7.98. The van der Waals surface area contributed by atoms with Gasteiger partial charge in [0.25, 0.3) is 11.1 Å². The van der Waals surface area contributed by atoms with Gasteiger partial charge in [0.15, 0.2) is 0 Å². The van der Waals surface area contributed by atoms with Crippen molar-refractivity contribution in [3.05, 3.63) is 121 Å². The Hall–Kier alpha value is -3.70. The van der Waals surface area contributed by atoms with Crippen LogP contribution in [0.15, 0.2) is 88.6 Å². The molecular formula is C25H18ClN3O2. The number of rotatable bonds is 3. The number of nitrogens with zero attached hydrogens (tertiary/aromatic N) is 3. The predicted molar refractivity (Wildman–Crippen MR) is 124 cm³/mol. The molecule has 0 saturated carbocycles. The van der Waals surface area contributed by atoms with Crippen molar-refractivity contribution in [1.82, 2.24) is 14.0 Å². The van der Waals surface area contributed by atoms with Gasteiger partial charge in [-0.3, -0.25) is 14.0 Å². The van der Waals surface area contributed by atoms with Crippen molar-refractivity contribution in [3.63, 3.8) is 0 Å². The summed E-state index contributed by atoms with van der Waals surface area (Å²) in [4.78, 5) is 31.6. The van der Waals surface area contributed by atoms with E-state index in [0.29, 0.717) is 39.4 Å². The molecule has 2 aromatic heterocycles. The van der Waals surface area contributed by atoms with Crippen LogP contribution < -0.4 is 11.1 Å². The monoisotopic (exact) mass is 427 g/mol. The minimum Gasteiger partial charge on any atom is -0.268 e. The summed E-state index contributed by atoms with van der Waals surface area (Å²) in [5, 5.41) is 1.14. The third kappa shape index (κ3) is 3.43. The number of hydrogen-bond acceptors (Lipinski definition) is 3. The normalized spacial score (nSPS) is 11.3. The molecule has 2 heterocycles. The lowest BCUT2D eigenvalue weighted by Crippen LogP contribution is -2.30. The van der Waals surface area contributed by atoms with E-state index in [9.17, 15) is 9.59 Å². The molecule has 0 aliphatic rings. The topological polar surface area (TPSA) is 56.4 Å². The fraction of sp³-hybridized carbons (Fsp3) is 0.0800. The van der Waals surface area contributed by atoms with Gasteiger partial charge in [0.05, 0.1) is 16.6 Å². The smallest absolute Gasteiger partial charge is 0.266 e. The third-order valence-corrected chi connectivity index (χ3v) is 5.57. The summed E-state index contributed by atoms with van der Waals surface area (Å²) in [6.45, 7) is 1.96. The van der Waals surface area contributed by atoms with Crippen molar-refractivity contribution in [1.29, 1.82) is 0 Å². The van der Waals surface area contributed by atoms with Gasteiger partial charge in [0.2, 0.25) is 5.78 Å². The molecule has 0 amide bonds. The Morgan fingerprint density at radius 3 is 2.45 bits per heavy atom. The Labute approximate surface area is 182 Å². The van der Waals surface area contributed by atoms with Gasteiger partial charge in [-0.05, 0) is 54.4 Å². The van der Waals surface area contributed by atoms with E-state index in [1.807, 2.05) is 55.5 Å². The summed E-state index contributed by atoms with van der Waals surface area (Å²) in [6, 6.07) is 22.1. The number of hydrogen-bond donors (Lipinski definition) is 0. The van der Waals surface area contributed by atoms with Crippen LogP contribution in [0.4, 0.5) is 0 Å². The van der Waals surface area contributed by atoms with Crippen molar-refractivity contribution in [2.75, 3.05) is 0 Å². The van der Waals surface area contributed by atoms with E-state index in [1.165, 1.54) is 8.97 Å². The van der Waals surface area contributed by atoms with E-state index in [4.69, 9.17) is 11.6 Å². The maximum absolute atomic E-state index is 13.6. The van der Waals surface area contributed by atoms with Crippen molar-refractivity contribution in [2.45, 2.75) is 13.3 Å². The zero-order chi connectivity index (χ0) is 21.5. The molecule has 5 aromatic rings. The highest BCUT2D eigenvalue weighted by Gasteiger charge is 2.16. The molecular weight excluding hydrogens is 410 g/mol. The summed E-state index contributed by atoms with van der Waals surface area (Å²) >= 11 is 6.00. The standard InChI is InChI=1S/C25H18ClN3O2/c1-16-5-4-6-20(13-16)29-23(30)18(14-17-9-11-19(26)12-10-17)15-28-24(31)21-7-2-3-8-22(21)27-25(28)29/h2-13,15H,14H2,1H3. The van der Waals surface area contributed by atoms with Crippen LogP contribution in [0, 0.1) is 6.92 Å². The first-order valence-corrected chi connectivity index (χ1v) is 10.3. The molecule has 0 fully saturated rings. The number of aromatic nitrogens is 3. The molecule has 0 atom stereocenters. The average Bonchev–Trinajstić information content (AvgIpc) is 2.77. The first kappa shape index (κ1) is 19.3. The van der Waals surface area contributed by atoms with E-state index in [0.717, 1.165) is 11.1 Å². The highest BCUT2D eigenvalue weighted by atomic mass is 35.5. The number of para-hydroxylation sites is 1. The van der Waals surface area contributed by atoms with Gasteiger partial charge < -0.3 is 0 Å². The lowest BCUT2D eigenvalue weighted by molar-refractivity contribution is 0.875. The first-order chi connectivity index (χ1) is 15.0. The molecule has 0 spiro atoms. The molecule has 0 unspecified atom stereocenters. The maximum atomic E-state index is 13.6. The number of benzene rings is 3. The van der Waals surface area contributed by atoms with Gasteiger partial charge in [-0.1, -0.05) is 48.0 Å². The summed E-state index contributed by atoms with van der Waals surface area (Å²) in [7, 11) is 0. The van der Waals surface area contributed by atoms with Gasteiger partial charge in [-0.15, -0.1) is 0 Å². The van der Waals surface area contributed by atoms with Gasteiger partial charge in [-0.25, -0.2) is 9.55 Å². The zero-order valence-electron chi connectivity index (χ0n) is 16.7. The highest BCUT2D eigenvalue weighted by molar-refractivity contribution is 6.30. The Morgan fingerprint density at radius 1 is 0.903 bits per heavy atom. The van der Waals surface area contributed by atoms with E-state index >= 15 is 0 Å². The second-order valence-electron chi connectivity index (χ2n) is 7.54. The lowest BCUT2D eigenvalue weighted by atomic mass is 10.1. The van der Waals surface area contributed by atoms with Gasteiger partial charge >= 0.3 is 0 Å². The van der Waals surface area contributed by atoms with Crippen molar-refractivity contribution >= 4 is 28.3 Å². The molecule has 0 saturated heterocycles. The van der Waals surface area contributed by atoms with Crippen molar-refractivity contribution in [2.24, 2.45) is 0 Å². The molecule has 3 aromatic carbocycles. The first-order valence-electron chi connectivity index (χ1n) is 9.89. The molecule has 0 aliphatic carbocycles. The fourth-order valence-electron chi connectivity index (χ4n) is 3.80. The minimum absolute atomic E-state index is 0.206. The Kier molecular flexibility index (Phi) is 4.68. The van der Waals surface area contributed by atoms with Crippen molar-refractivity contribution < 1.29 is 0 Å². The largest absolute Gasteiger partial charge is 0.268 e. The number of halogens is 1. The predicted octanol–water partition coefficient (Wildman–Crippen LogP) is 4.55. The molecule has 6 heteroatoms. The third-order valence-electron chi connectivity index (χ3n) is 5.32. The lowest BCUT2D eigenvalue weighted by Gasteiger charge is -2.14. The Bertz CT molecular complexity index is 1570. The van der Waals surface area contributed by atoms with Crippen LogP contribution in [-0.2, 0) is 6.42 Å². The van der Waals surface area contributed by atoms with Crippen LogP contribution in [0.5, 0.6) is 0 Å². The summed E-state index contributed by atoms with van der Waals surface area (Å²) in [5.74, 6) is 0.291. The van der Waals surface area contributed by atoms with Crippen LogP contribution in [0.25, 0.3) is 22.4 Å².